The molecule has 0 aliphatic carbocycles. The second kappa shape index (κ2) is 6.45. The lowest BCUT2D eigenvalue weighted by molar-refractivity contribution is 0.789. The lowest BCUT2D eigenvalue weighted by Crippen LogP contribution is -2.03. The maximum atomic E-state index is 8.81. The van der Waals surface area contributed by atoms with E-state index in [1.54, 1.807) is 18.5 Å². The van der Waals surface area contributed by atoms with Crippen LogP contribution in [0.15, 0.2) is 18.5 Å². The van der Waals surface area contributed by atoms with Crippen LogP contribution in [0.3, 0.4) is 0 Å². The van der Waals surface area contributed by atoms with Crippen LogP contribution in [-0.2, 0) is 0 Å². The first kappa shape index (κ1) is 11.1. The zero-order valence-electron chi connectivity index (χ0n) is 8.53. The first-order valence-corrected chi connectivity index (χ1v) is 4.90. The van der Waals surface area contributed by atoms with Crippen molar-refractivity contribution >= 4 is 5.69 Å². The Hall–Kier alpha value is -2.00. The standard InChI is InChI=1S/C12H13N3/c1-2-3-4-5-7-15-12-10-14-8-6-11(12)9-13/h1,6,8,10,15H,3-5,7H2. The number of hydrogen-bond donors (Lipinski definition) is 1. The average molecular weight is 199 g/mol. The van der Waals surface area contributed by atoms with E-state index < -0.39 is 0 Å². The smallest absolute Gasteiger partial charge is 0.101 e. The first-order chi connectivity index (χ1) is 7.38. The highest BCUT2D eigenvalue weighted by molar-refractivity contribution is 5.55. The molecule has 0 saturated heterocycles. The van der Waals surface area contributed by atoms with E-state index in [-0.39, 0.29) is 0 Å². The minimum Gasteiger partial charge on any atom is -0.383 e. The predicted octanol–water partition coefficient (Wildman–Crippen LogP) is 2.17. The summed E-state index contributed by atoms with van der Waals surface area (Å²) in [4.78, 5) is 3.96. The number of nitrogens with zero attached hydrogens (tertiary/aromatic N) is 2. The molecule has 0 saturated carbocycles. The molecule has 0 amide bonds. The topological polar surface area (TPSA) is 48.7 Å². The van der Waals surface area contributed by atoms with Crippen molar-refractivity contribution in [3.8, 4) is 18.4 Å². The fourth-order valence-corrected chi connectivity index (χ4v) is 1.21. The van der Waals surface area contributed by atoms with E-state index >= 15 is 0 Å². The van der Waals surface area contributed by atoms with Crippen molar-refractivity contribution in [1.82, 2.24) is 4.98 Å². The zero-order valence-corrected chi connectivity index (χ0v) is 8.53. The van der Waals surface area contributed by atoms with E-state index in [1.807, 2.05) is 0 Å². The number of hydrogen-bond acceptors (Lipinski definition) is 3. The van der Waals surface area contributed by atoms with Gasteiger partial charge in [0.15, 0.2) is 0 Å². The van der Waals surface area contributed by atoms with Gasteiger partial charge >= 0.3 is 0 Å². The second-order valence-electron chi connectivity index (χ2n) is 3.12. The van der Waals surface area contributed by atoms with Crippen LogP contribution in [0.1, 0.15) is 24.8 Å². The third-order valence-corrected chi connectivity index (χ3v) is 2.00. The lowest BCUT2D eigenvalue weighted by atomic mass is 10.2. The van der Waals surface area contributed by atoms with Crippen LogP contribution in [0, 0.1) is 23.7 Å². The third kappa shape index (κ3) is 3.70. The molecule has 3 heteroatoms. The van der Waals surface area contributed by atoms with Gasteiger partial charge in [-0.05, 0) is 18.9 Å². The average Bonchev–Trinajstić information content (AvgIpc) is 2.29. The number of terminal acetylenes is 1. The first-order valence-electron chi connectivity index (χ1n) is 4.90. The van der Waals surface area contributed by atoms with E-state index in [1.165, 1.54) is 0 Å². The minimum atomic E-state index is 0.627. The molecule has 1 aromatic rings. The summed E-state index contributed by atoms with van der Waals surface area (Å²) in [7, 11) is 0. The molecule has 0 atom stereocenters. The van der Waals surface area contributed by atoms with Crippen molar-refractivity contribution in [3.05, 3.63) is 24.0 Å². The highest BCUT2D eigenvalue weighted by Crippen LogP contribution is 2.11. The number of rotatable bonds is 5. The monoisotopic (exact) mass is 199 g/mol. The highest BCUT2D eigenvalue weighted by Gasteiger charge is 1.99. The van der Waals surface area contributed by atoms with Gasteiger partial charge in [0.1, 0.15) is 6.07 Å². The number of pyridine rings is 1. The fourth-order valence-electron chi connectivity index (χ4n) is 1.21. The van der Waals surface area contributed by atoms with Gasteiger partial charge in [0, 0.05) is 19.2 Å². The summed E-state index contributed by atoms with van der Waals surface area (Å²) in [5.41, 5.74) is 1.42. The third-order valence-electron chi connectivity index (χ3n) is 2.00. The van der Waals surface area contributed by atoms with Crippen LogP contribution in [0.4, 0.5) is 5.69 Å². The van der Waals surface area contributed by atoms with Crippen LogP contribution in [0.2, 0.25) is 0 Å². The Bertz CT molecular complexity index is 385. The minimum absolute atomic E-state index is 0.627. The Labute approximate surface area is 90.1 Å². The van der Waals surface area contributed by atoms with Gasteiger partial charge in [-0.25, -0.2) is 0 Å². The molecule has 1 aromatic heterocycles. The van der Waals surface area contributed by atoms with Gasteiger partial charge < -0.3 is 5.32 Å². The summed E-state index contributed by atoms with van der Waals surface area (Å²) in [5.74, 6) is 2.60. The van der Waals surface area contributed by atoms with Gasteiger partial charge in [0.2, 0.25) is 0 Å². The van der Waals surface area contributed by atoms with Crippen LogP contribution >= 0.6 is 0 Å². The molecular weight excluding hydrogens is 186 g/mol. The molecule has 0 spiro atoms. The van der Waals surface area contributed by atoms with Crippen molar-refractivity contribution in [2.45, 2.75) is 19.3 Å². The number of unbranched alkanes of at least 4 members (excludes halogenated alkanes) is 2. The molecule has 0 aliphatic rings. The summed E-state index contributed by atoms with van der Waals surface area (Å²) >= 11 is 0. The normalized spacial score (nSPS) is 8.93. The van der Waals surface area contributed by atoms with Crippen molar-refractivity contribution in [1.29, 1.82) is 5.26 Å². The maximum absolute atomic E-state index is 8.81. The van der Waals surface area contributed by atoms with Gasteiger partial charge in [0.25, 0.3) is 0 Å². The summed E-state index contributed by atoms with van der Waals surface area (Å²) < 4.78 is 0. The predicted molar refractivity (Wildman–Crippen MR) is 60.1 cm³/mol. The molecule has 1 N–H and O–H groups in total. The Morgan fingerprint density at radius 2 is 2.33 bits per heavy atom. The van der Waals surface area contributed by atoms with E-state index in [4.69, 9.17) is 11.7 Å². The molecule has 1 rings (SSSR count). The SMILES string of the molecule is C#CCCCCNc1cnccc1C#N. The highest BCUT2D eigenvalue weighted by atomic mass is 14.9. The Balaban J connectivity index is 2.38. The van der Waals surface area contributed by atoms with Gasteiger partial charge in [-0.15, -0.1) is 12.3 Å². The number of anilines is 1. The van der Waals surface area contributed by atoms with Gasteiger partial charge in [0.05, 0.1) is 17.4 Å². The summed E-state index contributed by atoms with van der Waals surface area (Å²) in [6, 6.07) is 3.81. The fraction of sp³-hybridized carbons (Fsp3) is 0.333. The molecule has 0 fully saturated rings. The molecule has 76 valence electrons. The van der Waals surface area contributed by atoms with E-state index in [0.717, 1.165) is 31.5 Å². The lowest BCUT2D eigenvalue weighted by Gasteiger charge is -2.06. The number of nitriles is 1. The van der Waals surface area contributed by atoms with E-state index in [0.29, 0.717) is 5.56 Å². The van der Waals surface area contributed by atoms with Crippen LogP contribution < -0.4 is 5.32 Å². The van der Waals surface area contributed by atoms with Gasteiger partial charge in [-0.3, -0.25) is 4.98 Å². The quantitative estimate of drug-likeness (QED) is 0.584. The summed E-state index contributed by atoms with van der Waals surface area (Å²) in [5, 5.41) is 12.0. The van der Waals surface area contributed by atoms with Crippen molar-refractivity contribution in [2.75, 3.05) is 11.9 Å². The molecule has 15 heavy (non-hydrogen) atoms. The van der Waals surface area contributed by atoms with Crippen molar-refractivity contribution < 1.29 is 0 Å². The molecule has 3 nitrogen and oxygen atoms in total. The van der Waals surface area contributed by atoms with Gasteiger partial charge in [-0.1, -0.05) is 0 Å². The molecule has 1 heterocycles. The van der Waals surface area contributed by atoms with Crippen molar-refractivity contribution in [3.63, 3.8) is 0 Å². The maximum Gasteiger partial charge on any atom is 0.101 e. The molecule has 0 bridgehead atoms. The van der Waals surface area contributed by atoms with Crippen LogP contribution in [0.25, 0.3) is 0 Å². The largest absolute Gasteiger partial charge is 0.383 e. The summed E-state index contributed by atoms with van der Waals surface area (Å²) in [6.45, 7) is 0.821. The van der Waals surface area contributed by atoms with Crippen LogP contribution in [-0.4, -0.2) is 11.5 Å². The van der Waals surface area contributed by atoms with E-state index in [2.05, 4.69) is 22.3 Å². The zero-order chi connectivity index (χ0) is 10.9. The van der Waals surface area contributed by atoms with Gasteiger partial charge in [-0.2, -0.15) is 5.26 Å². The Morgan fingerprint density at radius 3 is 3.07 bits per heavy atom. The molecule has 0 aromatic carbocycles. The number of aromatic nitrogens is 1. The second-order valence-corrected chi connectivity index (χ2v) is 3.12. The Morgan fingerprint density at radius 1 is 1.47 bits per heavy atom. The van der Waals surface area contributed by atoms with Crippen molar-refractivity contribution in [2.24, 2.45) is 0 Å². The molecule has 0 aliphatic heterocycles. The summed E-state index contributed by atoms with van der Waals surface area (Å²) in [6.07, 6.45) is 11.2. The molecular formula is C12H13N3. The molecule has 0 unspecified atom stereocenters. The van der Waals surface area contributed by atoms with E-state index in [9.17, 15) is 0 Å². The Kier molecular flexibility index (Phi) is 4.77. The number of nitrogens with one attached hydrogen (secondary N) is 1. The van der Waals surface area contributed by atoms with Crippen LogP contribution in [0.5, 0.6) is 0 Å². The molecule has 0 radical (unpaired) electrons.